The standard InChI is InChI=1S/C19H36N4O2.BF4/c1-4-7-8-9-10-11-13-23(16-19(25)21-6-3)14-12-22(17-23)15-18(24)20-5-2;2-1(3,4)5/h12,14H,4-11,13,15-17H2,1-3H3,(H-,20,21,24,25);/q;-1/p+1. The lowest BCUT2D eigenvalue weighted by Gasteiger charge is -2.32. The van der Waals surface area contributed by atoms with Crippen molar-refractivity contribution in [2.24, 2.45) is 0 Å². The molecule has 0 spiro atoms. The zero-order valence-electron chi connectivity index (χ0n) is 18.4. The lowest BCUT2D eigenvalue weighted by molar-refractivity contribution is -0.873. The van der Waals surface area contributed by atoms with Crippen LogP contribution in [-0.2, 0) is 9.59 Å². The van der Waals surface area contributed by atoms with Crippen molar-refractivity contribution in [2.75, 3.05) is 39.4 Å². The van der Waals surface area contributed by atoms with Gasteiger partial charge in [-0.1, -0.05) is 32.6 Å². The fraction of sp³-hybridized carbons (Fsp3) is 0.789. The molecule has 0 bridgehead atoms. The summed E-state index contributed by atoms with van der Waals surface area (Å²) in [4.78, 5) is 26.0. The maximum atomic E-state index is 12.2. The third-order valence-electron chi connectivity index (χ3n) is 4.57. The second-order valence-electron chi connectivity index (χ2n) is 7.46. The average Bonchev–Trinajstić information content (AvgIpc) is 2.99. The first-order valence-electron chi connectivity index (χ1n) is 10.7. The van der Waals surface area contributed by atoms with Gasteiger partial charge in [0.05, 0.1) is 12.7 Å². The van der Waals surface area contributed by atoms with Gasteiger partial charge in [-0.2, -0.15) is 0 Å². The van der Waals surface area contributed by atoms with Crippen LogP contribution in [0.25, 0.3) is 0 Å². The fourth-order valence-corrected chi connectivity index (χ4v) is 3.31. The van der Waals surface area contributed by atoms with Crippen molar-refractivity contribution < 1.29 is 31.3 Å². The minimum Gasteiger partial charge on any atom is -0.418 e. The van der Waals surface area contributed by atoms with Crippen LogP contribution in [-0.4, -0.2) is 67.8 Å². The highest BCUT2D eigenvalue weighted by Gasteiger charge is 2.34. The topological polar surface area (TPSA) is 61.4 Å². The number of carbonyl (C=O) groups excluding carboxylic acids is 2. The first kappa shape index (κ1) is 28.2. The number of quaternary nitrogens is 1. The van der Waals surface area contributed by atoms with Crippen molar-refractivity contribution in [2.45, 2.75) is 59.3 Å². The van der Waals surface area contributed by atoms with Gasteiger partial charge >= 0.3 is 7.25 Å². The predicted octanol–water partition coefficient (Wildman–Crippen LogP) is 3.48. The first-order valence-corrected chi connectivity index (χ1v) is 10.7. The summed E-state index contributed by atoms with van der Waals surface area (Å²) in [6.45, 7) is 9.85. The second-order valence-corrected chi connectivity index (χ2v) is 7.46. The van der Waals surface area contributed by atoms with E-state index in [9.17, 15) is 26.9 Å². The Labute approximate surface area is 177 Å². The second kappa shape index (κ2) is 15.1. The van der Waals surface area contributed by atoms with E-state index >= 15 is 0 Å². The number of unbranched alkanes of at least 4 members (excludes halogenated alkanes) is 5. The number of nitrogens with zero attached hydrogens (tertiary/aromatic N) is 2. The highest BCUT2D eigenvalue weighted by molar-refractivity contribution is 6.50. The van der Waals surface area contributed by atoms with Gasteiger partial charge in [0.1, 0.15) is 12.7 Å². The SMILES string of the molecule is CCCCCCCC[N+]1(CC(=O)NCC)C=CN(CC(=O)NCC)C1.F[B-](F)(F)F. The lowest BCUT2D eigenvalue weighted by Crippen LogP contribution is -2.52. The van der Waals surface area contributed by atoms with Crippen LogP contribution in [0.2, 0.25) is 0 Å². The molecule has 30 heavy (non-hydrogen) atoms. The van der Waals surface area contributed by atoms with E-state index in [4.69, 9.17) is 0 Å². The number of hydrogen-bond acceptors (Lipinski definition) is 3. The molecule has 1 unspecified atom stereocenters. The van der Waals surface area contributed by atoms with E-state index in [2.05, 4.69) is 23.8 Å². The molecule has 0 saturated carbocycles. The highest BCUT2D eigenvalue weighted by atomic mass is 19.5. The van der Waals surface area contributed by atoms with E-state index in [-0.39, 0.29) is 11.8 Å². The minimum absolute atomic E-state index is 0.0322. The number of likely N-dealkylation sites (N-methyl/N-ethyl adjacent to an activating group) is 2. The van der Waals surface area contributed by atoms with Gasteiger partial charge in [0.25, 0.3) is 5.91 Å². The van der Waals surface area contributed by atoms with E-state index in [1.807, 2.05) is 24.9 Å². The fourth-order valence-electron chi connectivity index (χ4n) is 3.31. The molecule has 1 heterocycles. The van der Waals surface area contributed by atoms with E-state index < -0.39 is 7.25 Å². The van der Waals surface area contributed by atoms with Gasteiger partial charge in [-0.3, -0.25) is 14.1 Å². The number of halogens is 4. The number of carbonyl (C=O) groups is 2. The third kappa shape index (κ3) is 15.1. The summed E-state index contributed by atoms with van der Waals surface area (Å²) in [7, 11) is -6.00. The number of hydrogen-bond donors (Lipinski definition) is 2. The molecular formula is C19H37BF4N4O2. The Morgan fingerprint density at radius 3 is 2.03 bits per heavy atom. The number of nitrogens with one attached hydrogen (secondary N) is 2. The van der Waals surface area contributed by atoms with E-state index in [1.165, 1.54) is 32.1 Å². The van der Waals surface area contributed by atoms with Gasteiger partial charge in [0, 0.05) is 13.1 Å². The van der Waals surface area contributed by atoms with Crippen molar-refractivity contribution in [1.82, 2.24) is 15.5 Å². The highest BCUT2D eigenvalue weighted by Crippen LogP contribution is 2.20. The summed E-state index contributed by atoms with van der Waals surface area (Å²) in [5.41, 5.74) is 0. The summed E-state index contributed by atoms with van der Waals surface area (Å²) in [5, 5.41) is 5.74. The van der Waals surface area contributed by atoms with Crippen molar-refractivity contribution in [3.8, 4) is 0 Å². The molecule has 11 heteroatoms. The molecule has 2 amide bonds. The molecule has 0 saturated heterocycles. The Morgan fingerprint density at radius 1 is 0.933 bits per heavy atom. The first-order chi connectivity index (χ1) is 14.0. The van der Waals surface area contributed by atoms with Crippen LogP contribution in [0, 0.1) is 0 Å². The summed E-state index contributed by atoms with van der Waals surface area (Å²) in [6, 6.07) is 0. The molecule has 6 nitrogen and oxygen atoms in total. The smallest absolute Gasteiger partial charge is 0.418 e. The Hall–Kier alpha value is -1.78. The van der Waals surface area contributed by atoms with Gasteiger partial charge in [-0.15, -0.1) is 0 Å². The van der Waals surface area contributed by atoms with Gasteiger partial charge < -0.3 is 32.8 Å². The lowest BCUT2D eigenvalue weighted by atomic mass is 10.1. The molecule has 0 aromatic heterocycles. The van der Waals surface area contributed by atoms with Gasteiger partial charge in [0.2, 0.25) is 5.91 Å². The molecule has 0 fully saturated rings. The van der Waals surface area contributed by atoms with E-state index in [0.717, 1.165) is 13.0 Å². The van der Waals surface area contributed by atoms with Crippen molar-refractivity contribution in [1.29, 1.82) is 0 Å². The van der Waals surface area contributed by atoms with Crippen LogP contribution in [0.1, 0.15) is 59.3 Å². The summed E-state index contributed by atoms with van der Waals surface area (Å²) >= 11 is 0. The van der Waals surface area contributed by atoms with Crippen LogP contribution in [0.4, 0.5) is 17.3 Å². The zero-order valence-corrected chi connectivity index (χ0v) is 18.4. The Balaban J connectivity index is 0.00000150. The number of amides is 2. The molecular weight excluding hydrogens is 403 g/mol. The predicted molar refractivity (Wildman–Crippen MR) is 112 cm³/mol. The Kier molecular flexibility index (Phi) is 14.2. The average molecular weight is 440 g/mol. The molecule has 2 N–H and O–H groups in total. The molecule has 1 atom stereocenters. The van der Waals surface area contributed by atoms with Crippen molar-refractivity contribution >= 4 is 19.1 Å². The summed E-state index contributed by atoms with van der Waals surface area (Å²) in [6.07, 6.45) is 11.5. The van der Waals surface area contributed by atoms with Gasteiger partial charge in [0.15, 0.2) is 13.2 Å². The van der Waals surface area contributed by atoms with E-state index in [1.54, 1.807) is 0 Å². The molecule has 1 aliphatic heterocycles. The Morgan fingerprint density at radius 2 is 1.47 bits per heavy atom. The maximum absolute atomic E-state index is 12.2. The molecule has 1 rings (SSSR count). The normalized spacial score (nSPS) is 18.0. The van der Waals surface area contributed by atoms with Gasteiger partial charge in [-0.25, -0.2) is 0 Å². The third-order valence-corrected chi connectivity index (χ3v) is 4.57. The van der Waals surface area contributed by atoms with E-state index in [0.29, 0.717) is 37.3 Å². The monoisotopic (exact) mass is 440 g/mol. The van der Waals surface area contributed by atoms with Crippen LogP contribution in [0.15, 0.2) is 12.4 Å². The number of rotatable bonds is 13. The van der Waals surface area contributed by atoms with Crippen LogP contribution >= 0.6 is 0 Å². The van der Waals surface area contributed by atoms with Crippen molar-refractivity contribution in [3.63, 3.8) is 0 Å². The molecule has 1 aliphatic rings. The maximum Gasteiger partial charge on any atom is 0.673 e. The largest absolute Gasteiger partial charge is 0.673 e. The van der Waals surface area contributed by atoms with Crippen LogP contribution in [0.3, 0.4) is 0 Å². The molecule has 0 aromatic rings. The minimum atomic E-state index is -6.00. The van der Waals surface area contributed by atoms with Crippen molar-refractivity contribution in [3.05, 3.63) is 12.4 Å². The van der Waals surface area contributed by atoms with Gasteiger partial charge in [-0.05, 0) is 26.7 Å². The quantitative estimate of drug-likeness (QED) is 0.200. The summed E-state index contributed by atoms with van der Waals surface area (Å²) in [5.74, 6) is 0.114. The Bertz CT molecular complexity index is 529. The molecule has 0 radical (unpaired) electrons. The zero-order chi connectivity index (χ0) is 23.0. The molecule has 0 aliphatic carbocycles. The van der Waals surface area contributed by atoms with Crippen LogP contribution < -0.4 is 10.6 Å². The molecule has 176 valence electrons. The molecule has 0 aromatic carbocycles. The van der Waals surface area contributed by atoms with Crippen LogP contribution in [0.5, 0.6) is 0 Å². The summed E-state index contributed by atoms with van der Waals surface area (Å²) < 4.78 is 39.6.